The number of ether oxygens (including phenoxy) is 3. The molecule has 2 aliphatic carbocycles. The fourth-order valence-corrected chi connectivity index (χ4v) is 4.83. The lowest BCUT2D eigenvalue weighted by Crippen LogP contribution is -2.42. The van der Waals surface area contributed by atoms with Crippen molar-refractivity contribution in [1.82, 2.24) is 0 Å². The van der Waals surface area contributed by atoms with Crippen molar-refractivity contribution in [3.63, 3.8) is 0 Å². The average molecular weight is 407 g/mol. The van der Waals surface area contributed by atoms with Crippen molar-refractivity contribution in [3.8, 4) is 11.5 Å². The van der Waals surface area contributed by atoms with Gasteiger partial charge < -0.3 is 14.2 Å². The van der Waals surface area contributed by atoms with E-state index in [0.717, 1.165) is 24.3 Å². The first-order valence-electron chi connectivity index (χ1n) is 11.3. The van der Waals surface area contributed by atoms with Crippen LogP contribution in [0.3, 0.4) is 0 Å². The number of hydrogen-bond donors (Lipinski definition) is 0. The van der Waals surface area contributed by atoms with Gasteiger partial charge in [0.15, 0.2) is 0 Å². The highest BCUT2D eigenvalue weighted by molar-refractivity contribution is 5.29. The van der Waals surface area contributed by atoms with Gasteiger partial charge in [0.2, 0.25) is 6.29 Å². The van der Waals surface area contributed by atoms with Crippen molar-refractivity contribution >= 4 is 0 Å². The van der Waals surface area contributed by atoms with Crippen LogP contribution in [0.15, 0.2) is 66.7 Å². The molecule has 2 bridgehead atoms. The molecule has 0 N–H and O–H groups in total. The molecule has 30 heavy (non-hydrogen) atoms. The number of hydrogen-bond acceptors (Lipinski definition) is 3. The Morgan fingerprint density at radius 3 is 2.37 bits per heavy atom. The molecule has 2 aromatic carbocycles. The van der Waals surface area contributed by atoms with Gasteiger partial charge in [0.25, 0.3) is 0 Å². The highest BCUT2D eigenvalue weighted by Gasteiger charge is 2.51. The summed E-state index contributed by atoms with van der Waals surface area (Å²) in [4.78, 5) is 0. The maximum atomic E-state index is 6.46. The number of benzene rings is 2. The molecule has 0 saturated heterocycles. The fraction of sp³-hybridized carbons (Fsp3) is 0.481. The Morgan fingerprint density at radius 2 is 1.73 bits per heavy atom. The smallest absolute Gasteiger partial charge is 0.205 e. The maximum Gasteiger partial charge on any atom is 0.205 e. The molecule has 0 spiro atoms. The highest BCUT2D eigenvalue weighted by atomic mass is 16.7. The van der Waals surface area contributed by atoms with E-state index in [1.54, 1.807) is 0 Å². The summed E-state index contributed by atoms with van der Waals surface area (Å²) < 4.78 is 18.6. The van der Waals surface area contributed by atoms with E-state index in [0.29, 0.717) is 31.0 Å². The van der Waals surface area contributed by atoms with Crippen LogP contribution in [0.2, 0.25) is 0 Å². The predicted octanol–water partition coefficient (Wildman–Crippen LogP) is 6.60. The lowest BCUT2D eigenvalue weighted by molar-refractivity contribution is -0.164. The largest absolute Gasteiger partial charge is 0.491 e. The molecule has 5 atom stereocenters. The molecular weight excluding hydrogens is 372 g/mol. The normalized spacial score (nSPS) is 26.5. The van der Waals surface area contributed by atoms with E-state index in [4.69, 9.17) is 14.2 Å². The fourth-order valence-electron chi connectivity index (χ4n) is 4.83. The van der Waals surface area contributed by atoms with Crippen LogP contribution < -0.4 is 9.47 Å². The van der Waals surface area contributed by atoms with Crippen LogP contribution in [0.1, 0.15) is 51.5 Å². The first-order valence-corrected chi connectivity index (χ1v) is 11.3. The second kappa shape index (κ2) is 9.26. The van der Waals surface area contributed by atoms with Crippen LogP contribution in [0.4, 0.5) is 0 Å². The van der Waals surface area contributed by atoms with Crippen molar-refractivity contribution in [2.75, 3.05) is 13.2 Å². The monoisotopic (exact) mass is 406 g/mol. The van der Waals surface area contributed by atoms with Crippen LogP contribution in [-0.4, -0.2) is 19.5 Å². The molecule has 0 aromatic heterocycles. The molecule has 1 saturated carbocycles. The average Bonchev–Trinajstić information content (AvgIpc) is 3.37. The predicted molar refractivity (Wildman–Crippen MR) is 121 cm³/mol. The molecule has 160 valence electrons. The van der Waals surface area contributed by atoms with E-state index in [9.17, 15) is 0 Å². The zero-order chi connectivity index (χ0) is 21.0. The number of rotatable bonds is 10. The molecule has 2 aliphatic rings. The molecule has 0 radical (unpaired) electrons. The van der Waals surface area contributed by atoms with Gasteiger partial charge in [-0.15, -0.1) is 0 Å². The molecule has 3 nitrogen and oxygen atoms in total. The van der Waals surface area contributed by atoms with Crippen LogP contribution in [0.5, 0.6) is 11.5 Å². The van der Waals surface area contributed by atoms with Crippen molar-refractivity contribution in [3.05, 3.63) is 72.3 Å². The first kappa shape index (κ1) is 21.0. The Labute approximate surface area is 181 Å². The third kappa shape index (κ3) is 4.57. The van der Waals surface area contributed by atoms with Gasteiger partial charge in [0.1, 0.15) is 18.1 Å². The standard InChI is InChI=1S/C27H34O3/c1-4-20(2)22-11-14-25(15-12-22)30-26(27(3)19-21-10-13-23(27)18-21)29-17-16-28-24-8-6-5-7-9-24/h5-15,20-21,23,26H,4,16-19H2,1-3H3/t20?,21?,23-,26?,27?/m0/s1. The van der Waals surface area contributed by atoms with Gasteiger partial charge in [0, 0.05) is 5.41 Å². The van der Waals surface area contributed by atoms with E-state index < -0.39 is 0 Å². The summed E-state index contributed by atoms with van der Waals surface area (Å²) in [6.07, 6.45) is 7.91. The SMILES string of the molecule is CCC(C)c1ccc(OC(OCCOc2ccccc2)C2(C)CC3C=C[C@H]2C3)cc1. The van der Waals surface area contributed by atoms with Crippen LogP contribution in [0, 0.1) is 17.3 Å². The van der Waals surface area contributed by atoms with Crippen molar-refractivity contribution in [2.45, 2.75) is 52.2 Å². The Hall–Kier alpha value is -2.26. The molecule has 3 heteroatoms. The van der Waals surface area contributed by atoms with Crippen molar-refractivity contribution in [1.29, 1.82) is 0 Å². The van der Waals surface area contributed by atoms with E-state index in [2.05, 4.69) is 57.2 Å². The van der Waals surface area contributed by atoms with Gasteiger partial charge in [-0.05, 0) is 66.8 Å². The van der Waals surface area contributed by atoms with E-state index in [1.807, 2.05) is 30.3 Å². The van der Waals surface area contributed by atoms with E-state index in [-0.39, 0.29) is 11.7 Å². The van der Waals surface area contributed by atoms with Gasteiger partial charge in [-0.3, -0.25) is 0 Å². The van der Waals surface area contributed by atoms with Gasteiger partial charge in [-0.2, -0.15) is 0 Å². The molecule has 0 heterocycles. The molecule has 4 rings (SSSR count). The molecule has 2 aromatic rings. The van der Waals surface area contributed by atoms with Crippen LogP contribution >= 0.6 is 0 Å². The lowest BCUT2D eigenvalue weighted by Gasteiger charge is -2.38. The van der Waals surface area contributed by atoms with Crippen LogP contribution in [-0.2, 0) is 4.74 Å². The lowest BCUT2D eigenvalue weighted by atomic mass is 9.77. The number of fused-ring (bicyclic) bond motifs is 2. The van der Waals surface area contributed by atoms with E-state index >= 15 is 0 Å². The highest BCUT2D eigenvalue weighted by Crippen LogP contribution is 2.54. The van der Waals surface area contributed by atoms with Gasteiger partial charge >= 0.3 is 0 Å². The Balaban J connectivity index is 1.42. The summed E-state index contributed by atoms with van der Waals surface area (Å²) in [6.45, 7) is 7.81. The molecule has 1 fully saturated rings. The summed E-state index contributed by atoms with van der Waals surface area (Å²) in [5.41, 5.74) is 1.34. The van der Waals surface area contributed by atoms with Gasteiger partial charge in [-0.1, -0.05) is 63.3 Å². The minimum atomic E-state index is -0.286. The maximum absolute atomic E-state index is 6.46. The Morgan fingerprint density at radius 1 is 0.967 bits per heavy atom. The number of para-hydroxylation sites is 1. The number of allylic oxidation sites excluding steroid dienone is 2. The zero-order valence-electron chi connectivity index (χ0n) is 18.4. The van der Waals surface area contributed by atoms with Gasteiger partial charge in [-0.25, -0.2) is 0 Å². The Kier molecular flexibility index (Phi) is 6.48. The third-order valence-corrected chi connectivity index (χ3v) is 6.93. The van der Waals surface area contributed by atoms with Gasteiger partial charge in [0.05, 0.1) is 6.61 Å². The molecule has 4 unspecified atom stereocenters. The molecule has 0 aliphatic heterocycles. The van der Waals surface area contributed by atoms with Crippen LogP contribution in [0.25, 0.3) is 0 Å². The minimum Gasteiger partial charge on any atom is -0.491 e. The molecular formula is C27H34O3. The second-order valence-electron chi connectivity index (χ2n) is 9.06. The summed E-state index contributed by atoms with van der Waals surface area (Å²) in [7, 11) is 0. The quantitative estimate of drug-likeness (QED) is 0.253. The molecule has 0 amide bonds. The van der Waals surface area contributed by atoms with Crippen molar-refractivity contribution < 1.29 is 14.2 Å². The topological polar surface area (TPSA) is 27.7 Å². The summed E-state index contributed by atoms with van der Waals surface area (Å²) in [5, 5.41) is 0. The van der Waals surface area contributed by atoms with Crippen molar-refractivity contribution in [2.24, 2.45) is 17.3 Å². The summed E-state index contributed by atoms with van der Waals surface area (Å²) in [6, 6.07) is 18.4. The first-order chi connectivity index (χ1) is 14.6. The third-order valence-electron chi connectivity index (χ3n) is 6.93. The second-order valence-corrected chi connectivity index (χ2v) is 9.06. The zero-order valence-corrected chi connectivity index (χ0v) is 18.4. The Bertz CT molecular complexity index is 829. The summed E-state index contributed by atoms with van der Waals surface area (Å²) >= 11 is 0. The summed E-state index contributed by atoms with van der Waals surface area (Å²) in [5.74, 6) is 3.48. The minimum absolute atomic E-state index is 0.0124. The van der Waals surface area contributed by atoms with E-state index in [1.165, 1.54) is 12.0 Å².